The third kappa shape index (κ3) is 4.64. The van der Waals surface area contributed by atoms with Gasteiger partial charge >= 0.3 is 5.97 Å². The van der Waals surface area contributed by atoms with Gasteiger partial charge in [-0.3, -0.25) is 14.5 Å². The third-order valence-corrected chi connectivity index (χ3v) is 3.25. The highest BCUT2D eigenvalue weighted by molar-refractivity contribution is 5.79. The van der Waals surface area contributed by atoms with E-state index < -0.39 is 0 Å². The predicted octanol–water partition coefficient (Wildman–Crippen LogP) is 0.596. The Kier molecular flexibility index (Phi) is 5.59. The molecule has 5 nitrogen and oxygen atoms in total. The lowest BCUT2D eigenvalue weighted by molar-refractivity contribution is -0.142. The Labute approximate surface area is 109 Å². The van der Waals surface area contributed by atoms with E-state index in [1.807, 2.05) is 4.90 Å². The molecule has 1 aliphatic rings. The first-order valence-electron chi connectivity index (χ1n) is 6.45. The molecule has 18 heavy (non-hydrogen) atoms. The van der Waals surface area contributed by atoms with Gasteiger partial charge in [-0.15, -0.1) is 0 Å². The zero-order valence-corrected chi connectivity index (χ0v) is 11.8. The summed E-state index contributed by atoms with van der Waals surface area (Å²) >= 11 is 0. The molecule has 0 aromatic carbocycles. The van der Waals surface area contributed by atoms with Crippen molar-refractivity contribution in [2.75, 3.05) is 40.3 Å². The lowest BCUT2D eigenvalue weighted by atomic mass is 9.92. The Morgan fingerprint density at radius 3 is 2.28 bits per heavy atom. The minimum Gasteiger partial charge on any atom is -0.468 e. The van der Waals surface area contributed by atoms with Gasteiger partial charge in [-0.2, -0.15) is 0 Å². The number of likely N-dealkylation sites (tertiary alicyclic amines) is 1. The average molecular weight is 256 g/mol. The van der Waals surface area contributed by atoms with Gasteiger partial charge in [0.15, 0.2) is 0 Å². The molecule has 0 N–H and O–H groups in total. The highest BCUT2D eigenvalue weighted by Crippen LogP contribution is 2.20. The van der Waals surface area contributed by atoms with Crippen LogP contribution in [0.4, 0.5) is 0 Å². The highest BCUT2D eigenvalue weighted by Gasteiger charge is 2.26. The van der Waals surface area contributed by atoms with Crippen LogP contribution in [0.15, 0.2) is 0 Å². The van der Waals surface area contributed by atoms with Crippen molar-refractivity contribution >= 4 is 11.9 Å². The Hall–Kier alpha value is -1.10. The molecule has 0 aromatic heterocycles. The van der Waals surface area contributed by atoms with E-state index in [1.165, 1.54) is 13.5 Å². The SMILES string of the molecule is COC(=O)CN(C)CC(=O)N1CC(C)CC(C)C1. The van der Waals surface area contributed by atoms with Crippen molar-refractivity contribution in [1.82, 2.24) is 9.80 Å². The molecular formula is C13H24N2O3. The van der Waals surface area contributed by atoms with Crippen molar-refractivity contribution in [3.63, 3.8) is 0 Å². The first-order valence-corrected chi connectivity index (χ1v) is 6.45. The molecule has 1 aliphatic heterocycles. The van der Waals surface area contributed by atoms with Crippen molar-refractivity contribution in [3.05, 3.63) is 0 Å². The Morgan fingerprint density at radius 1 is 1.22 bits per heavy atom. The molecule has 1 fully saturated rings. The first kappa shape index (κ1) is 15.0. The average Bonchev–Trinajstić information content (AvgIpc) is 2.27. The second-order valence-electron chi connectivity index (χ2n) is 5.49. The lowest BCUT2D eigenvalue weighted by Crippen LogP contribution is -2.47. The van der Waals surface area contributed by atoms with Crippen LogP contribution in [-0.2, 0) is 14.3 Å². The van der Waals surface area contributed by atoms with E-state index in [0.717, 1.165) is 13.1 Å². The van der Waals surface area contributed by atoms with E-state index in [4.69, 9.17) is 0 Å². The van der Waals surface area contributed by atoms with Crippen LogP contribution in [0.1, 0.15) is 20.3 Å². The van der Waals surface area contributed by atoms with Crippen LogP contribution < -0.4 is 0 Å². The first-order chi connectivity index (χ1) is 8.42. The zero-order chi connectivity index (χ0) is 13.7. The Bertz CT molecular complexity index is 297. The van der Waals surface area contributed by atoms with Crippen molar-refractivity contribution in [2.24, 2.45) is 11.8 Å². The van der Waals surface area contributed by atoms with Crippen LogP contribution in [0.3, 0.4) is 0 Å². The van der Waals surface area contributed by atoms with Crippen LogP contribution in [0.5, 0.6) is 0 Å². The van der Waals surface area contributed by atoms with Gasteiger partial charge in [0.05, 0.1) is 20.2 Å². The van der Waals surface area contributed by atoms with Crippen molar-refractivity contribution in [3.8, 4) is 0 Å². The molecule has 104 valence electrons. The number of hydrogen-bond acceptors (Lipinski definition) is 4. The molecule has 0 spiro atoms. The molecule has 1 rings (SSSR count). The summed E-state index contributed by atoms with van der Waals surface area (Å²) < 4.78 is 4.58. The van der Waals surface area contributed by atoms with Crippen molar-refractivity contribution < 1.29 is 14.3 Å². The summed E-state index contributed by atoms with van der Waals surface area (Å²) in [6, 6.07) is 0. The normalized spacial score (nSPS) is 24.2. The summed E-state index contributed by atoms with van der Waals surface area (Å²) in [4.78, 5) is 26.8. The number of amides is 1. The number of piperidine rings is 1. The largest absolute Gasteiger partial charge is 0.468 e. The standard InChI is InChI=1S/C13H24N2O3/c1-10-5-11(2)7-15(6-10)12(16)8-14(3)9-13(17)18-4/h10-11H,5-9H2,1-4H3. The van der Waals surface area contributed by atoms with Crippen LogP contribution in [0.25, 0.3) is 0 Å². The van der Waals surface area contributed by atoms with Gasteiger partial charge in [-0.05, 0) is 25.3 Å². The number of esters is 1. The molecule has 0 aromatic rings. The van der Waals surface area contributed by atoms with E-state index in [0.29, 0.717) is 11.8 Å². The molecular weight excluding hydrogens is 232 g/mol. The predicted molar refractivity (Wildman–Crippen MR) is 69.0 cm³/mol. The molecule has 1 saturated heterocycles. The van der Waals surface area contributed by atoms with Gasteiger partial charge in [0.1, 0.15) is 0 Å². The molecule has 5 heteroatoms. The minimum absolute atomic E-state index is 0.0970. The van der Waals surface area contributed by atoms with Gasteiger partial charge in [-0.25, -0.2) is 0 Å². The van der Waals surface area contributed by atoms with E-state index in [2.05, 4.69) is 18.6 Å². The fourth-order valence-corrected chi connectivity index (χ4v) is 2.54. The number of ether oxygens (including phenoxy) is 1. The van der Waals surface area contributed by atoms with Crippen LogP contribution in [0.2, 0.25) is 0 Å². The quantitative estimate of drug-likeness (QED) is 0.691. The number of carbonyl (C=O) groups excluding carboxylic acids is 2. The molecule has 1 heterocycles. The van der Waals surface area contributed by atoms with E-state index in [1.54, 1.807) is 11.9 Å². The fraction of sp³-hybridized carbons (Fsp3) is 0.846. The summed E-state index contributed by atoms with van der Waals surface area (Å²) in [5, 5.41) is 0. The topological polar surface area (TPSA) is 49.9 Å². The molecule has 0 saturated carbocycles. The van der Waals surface area contributed by atoms with Gasteiger partial charge in [0, 0.05) is 13.1 Å². The number of rotatable bonds is 4. The fourth-order valence-electron chi connectivity index (χ4n) is 2.54. The number of carbonyl (C=O) groups is 2. The third-order valence-electron chi connectivity index (χ3n) is 3.25. The number of nitrogens with zero attached hydrogens (tertiary/aromatic N) is 2. The second kappa shape index (κ2) is 6.73. The van der Waals surface area contributed by atoms with Crippen molar-refractivity contribution in [1.29, 1.82) is 0 Å². The molecule has 2 unspecified atom stereocenters. The number of methoxy groups -OCH3 is 1. The van der Waals surface area contributed by atoms with E-state index in [-0.39, 0.29) is 25.0 Å². The minimum atomic E-state index is -0.314. The smallest absolute Gasteiger partial charge is 0.319 e. The molecule has 0 aliphatic carbocycles. The maximum Gasteiger partial charge on any atom is 0.319 e. The molecule has 0 radical (unpaired) electrons. The summed E-state index contributed by atoms with van der Waals surface area (Å²) in [5.41, 5.74) is 0. The number of likely N-dealkylation sites (N-methyl/N-ethyl adjacent to an activating group) is 1. The Balaban J connectivity index is 2.42. The summed E-state index contributed by atoms with van der Waals surface area (Å²) in [7, 11) is 3.11. The lowest BCUT2D eigenvalue weighted by Gasteiger charge is -2.35. The number of hydrogen-bond donors (Lipinski definition) is 0. The monoisotopic (exact) mass is 256 g/mol. The molecule has 2 atom stereocenters. The Morgan fingerprint density at radius 2 is 1.78 bits per heavy atom. The van der Waals surface area contributed by atoms with Crippen LogP contribution >= 0.6 is 0 Å². The van der Waals surface area contributed by atoms with Gasteiger partial charge in [-0.1, -0.05) is 13.8 Å². The summed E-state index contributed by atoms with van der Waals surface area (Å²) in [5.74, 6) is 0.901. The maximum atomic E-state index is 12.1. The van der Waals surface area contributed by atoms with Gasteiger partial charge in [0.25, 0.3) is 0 Å². The van der Waals surface area contributed by atoms with Crippen LogP contribution in [0, 0.1) is 11.8 Å². The van der Waals surface area contributed by atoms with Crippen LogP contribution in [-0.4, -0.2) is 62.0 Å². The van der Waals surface area contributed by atoms with Crippen molar-refractivity contribution in [2.45, 2.75) is 20.3 Å². The van der Waals surface area contributed by atoms with Gasteiger partial charge < -0.3 is 9.64 Å². The second-order valence-corrected chi connectivity index (χ2v) is 5.49. The molecule has 1 amide bonds. The van der Waals surface area contributed by atoms with E-state index >= 15 is 0 Å². The summed E-state index contributed by atoms with van der Waals surface area (Å²) in [6.45, 7) is 6.43. The molecule has 0 bridgehead atoms. The van der Waals surface area contributed by atoms with E-state index in [9.17, 15) is 9.59 Å². The zero-order valence-electron chi connectivity index (χ0n) is 11.8. The summed E-state index contributed by atoms with van der Waals surface area (Å²) in [6.07, 6.45) is 1.18. The highest BCUT2D eigenvalue weighted by atomic mass is 16.5. The van der Waals surface area contributed by atoms with Gasteiger partial charge in [0.2, 0.25) is 5.91 Å². The maximum absolute atomic E-state index is 12.1.